The Bertz CT molecular complexity index is 482. The number of anilines is 1. The quantitative estimate of drug-likeness (QED) is 0.856. The van der Waals surface area contributed by atoms with Crippen LogP contribution in [0.3, 0.4) is 0 Å². The van der Waals surface area contributed by atoms with Crippen molar-refractivity contribution in [2.45, 2.75) is 26.3 Å². The fourth-order valence-corrected chi connectivity index (χ4v) is 1.41. The first-order chi connectivity index (χ1) is 8.49. The molecule has 0 spiro atoms. The first-order valence-electron chi connectivity index (χ1n) is 5.75. The van der Waals surface area contributed by atoms with E-state index in [2.05, 4.69) is 5.32 Å². The molecule has 4 nitrogen and oxygen atoms in total. The predicted octanol–water partition coefficient (Wildman–Crippen LogP) is 2.01. The number of nitriles is 1. The monoisotopic (exact) mass is 249 g/mol. The summed E-state index contributed by atoms with van der Waals surface area (Å²) in [5, 5.41) is 11.0. The van der Waals surface area contributed by atoms with Crippen LogP contribution in [0.5, 0.6) is 0 Å². The number of carbonyl (C=O) groups is 1. The van der Waals surface area contributed by atoms with Crippen molar-refractivity contribution in [1.82, 2.24) is 0 Å². The maximum atomic E-state index is 13.5. The molecule has 0 fully saturated rings. The van der Waals surface area contributed by atoms with Gasteiger partial charge in [0.15, 0.2) is 0 Å². The fourth-order valence-electron chi connectivity index (χ4n) is 1.41. The molecular formula is C13H16FN3O. The van der Waals surface area contributed by atoms with Gasteiger partial charge in [0.2, 0.25) is 5.91 Å². The van der Waals surface area contributed by atoms with E-state index in [0.29, 0.717) is 0 Å². The number of hydrogen-bond acceptors (Lipinski definition) is 3. The Morgan fingerprint density at radius 3 is 2.78 bits per heavy atom. The minimum absolute atomic E-state index is 0.0199. The summed E-state index contributed by atoms with van der Waals surface area (Å²) in [4.78, 5) is 11.8. The Labute approximate surface area is 106 Å². The summed E-state index contributed by atoms with van der Waals surface area (Å²) < 4.78 is 13.5. The lowest BCUT2D eigenvalue weighted by atomic mass is 9.99. The number of hydrogen-bond donors (Lipinski definition) is 2. The molecule has 0 saturated carbocycles. The number of halogens is 1. The van der Waals surface area contributed by atoms with Gasteiger partial charge < -0.3 is 11.1 Å². The highest BCUT2D eigenvalue weighted by Crippen LogP contribution is 2.16. The number of nitrogens with one attached hydrogen (secondary N) is 1. The zero-order chi connectivity index (χ0) is 13.7. The van der Waals surface area contributed by atoms with Crippen molar-refractivity contribution in [2.24, 2.45) is 11.7 Å². The summed E-state index contributed by atoms with van der Waals surface area (Å²) in [6.45, 7) is 3.79. The molecule has 0 saturated heterocycles. The van der Waals surface area contributed by atoms with Crippen molar-refractivity contribution in [3.63, 3.8) is 0 Å². The molecule has 1 amide bonds. The molecule has 0 aliphatic carbocycles. The zero-order valence-electron chi connectivity index (χ0n) is 10.4. The van der Waals surface area contributed by atoms with Crippen LogP contribution in [0.4, 0.5) is 10.1 Å². The Balaban J connectivity index is 2.80. The van der Waals surface area contributed by atoms with Crippen LogP contribution < -0.4 is 11.1 Å². The van der Waals surface area contributed by atoms with Gasteiger partial charge in [-0.05, 0) is 24.1 Å². The molecule has 2 atom stereocenters. The smallest absolute Gasteiger partial charge is 0.241 e. The molecule has 5 heteroatoms. The molecule has 1 aromatic rings. The molecular weight excluding hydrogens is 233 g/mol. The van der Waals surface area contributed by atoms with Crippen molar-refractivity contribution in [3.8, 4) is 6.07 Å². The van der Waals surface area contributed by atoms with Gasteiger partial charge in [0.05, 0.1) is 23.4 Å². The molecule has 18 heavy (non-hydrogen) atoms. The average Bonchev–Trinajstić information content (AvgIpc) is 2.38. The number of nitrogens with zero attached hydrogens (tertiary/aromatic N) is 1. The highest BCUT2D eigenvalue weighted by Gasteiger charge is 2.20. The van der Waals surface area contributed by atoms with Crippen LogP contribution >= 0.6 is 0 Å². The largest absolute Gasteiger partial charge is 0.322 e. The number of amides is 1. The van der Waals surface area contributed by atoms with Crippen LogP contribution in [-0.2, 0) is 4.79 Å². The summed E-state index contributed by atoms with van der Waals surface area (Å²) in [5.74, 6) is -1.04. The van der Waals surface area contributed by atoms with E-state index in [9.17, 15) is 9.18 Å². The van der Waals surface area contributed by atoms with Gasteiger partial charge in [-0.15, -0.1) is 0 Å². The molecule has 0 aliphatic heterocycles. The van der Waals surface area contributed by atoms with Gasteiger partial charge in [-0.25, -0.2) is 4.39 Å². The minimum atomic E-state index is -0.676. The number of benzene rings is 1. The van der Waals surface area contributed by atoms with Crippen molar-refractivity contribution in [2.75, 3.05) is 5.32 Å². The number of carbonyl (C=O) groups excluding carboxylic acids is 1. The van der Waals surface area contributed by atoms with Gasteiger partial charge in [0.1, 0.15) is 5.82 Å². The zero-order valence-corrected chi connectivity index (χ0v) is 10.4. The molecule has 0 bridgehead atoms. The van der Waals surface area contributed by atoms with E-state index in [4.69, 9.17) is 11.0 Å². The molecule has 1 unspecified atom stereocenters. The van der Waals surface area contributed by atoms with E-state index < -0.39 is 17.8 Å². The van der Waals surface area contributed by atoms with E-state index in [1.165, 1.54) is 12.1 Å². The van der Waals surface area contributed by atoms with Crippen LogP contribution in [0.1, 0.15) is 25.8 Å². The SMILES string of the molecule is CCC(C)[C@H](N)C(=O)Nc1ccc(C#N)cc1F. The summed E-state index contributed by atoms with van der Waals surface area (Å²) in [7, 11) is 0. The minimum Gasteiger partial charge on any atom is -0.322 e. The summed E-state index contributed by atoms with van der Waals surface area (Å²) >= 11 is 0. The molecule has 1 rings (SSSR count). The van der Waals surface area contributed by atoms with Gasteiger partial charge in [0, 0.05) is 0 Å². The third-order valence-corrected chi connectivity index (χ3v) is 2.92. The van der Waals surface area contributed by atoms with Gasteiger partial charge in [-0.3, -0.25) is 4.79 Å². The fraction of sp³-hybridized carbons (Fsp3) is 0.385. The maximum absolute atomic E-state index is 13.5. The third-order valence-electron chi connectivity index (χ3n) is 2.92. The first-order valence-corrected chi connectivity index (χ1v) is 5.75. The van der Waals surface area contributed by atoms with Crippen LogP contribution in [-0.4, -0.2) is 11.9 Å². The Kier molecular flexibility index (Phi) is 4.81. The highest BCUT2D eigenvalue weighted by molar-refractivity contribution is 5.95. The lowest BCUT2D eigenvalue weighted by Crippen LogP contribution is -2.40. The standard InChI is InChI=1S/C13H16FN3O/c1-3-8(2)12(16)13(18)17-11-5-4-9(7-15)6-10(11)14/h4-6,8,12H,3,16H2,1-2H3,(H,17,18)/t8?,12-/m0/s1. The van der Waals surface area contributed by atoms with E-state index in [1.807, 2.05) is 19.9 Å². The lowest BCUT2D eigenvalue weighted by Gasteiger charge is -2.17. The summed E-state index contributed by atoms with van der Waals surface area (Å²) in [6, 6.07) is 5.01. The first kappa shape index (κ1) is 14.1. The molecule has 0 aliphatic rings. The topological polar surface area (TPSA) is 78.9 Å². The third kappa shape index (κ3) is 3.28. The van der Waals surface area contributed by atoms with E-state index in [0.717, 1.165) is 12.5 Å². The van der Waals surface area contributed by atoms with Crippen LogP contribution in [0.15, 0.2) is 18.2 Å². The van der Waals surface area contributed by atoms with Gasteiger partial charge in [-0.2, -0.15) is 5.26 Å². The summed E-state index contributed by atoms with van der Waals surface area (Å²) in [5.41, 5.74) is 5.98. The van der Waals surface area contributed by atoms with E-state index in [-0.39, 0.29) is 17.2 Å². The van der Waals surface area contributed by atoms with Crippen LogP contribution in [0.25, 0.3) is 0 Å². The summed E-state index contributed by atoms with van der Waals surface area (Å²) in [6.07, 6.45) is 0.768. The van der Waals surface area contributed by atoms with Gasteiger partial charge >= 0.3 is 0 Å². The number of nitrogens with two attached hydrogens (primary N) is 1. The van der Waals surface area contributed by atoms with E-state index >= 15 is 0 Å². The molecule has 3 N–H and O–H groups in total. The van der Waals surface area contributed by atoms with Crippen molar-refractivity contribution >= 4 is 11.6 Å². The Morgan fingerprint density at radius 2 is 2.28 bits per heavy atom. The highest BCUT2D eigenvalue weighted by atomic mass is 19.1. The Hall–Kier alpha value is -1.93. The van der Waals surface area contributed by atoms with Crippen LogP contribution in [0.2, 0.25) is 0 Å². The van der Waals surface area contributed by atoms with Crippen molar-refractivity contribution < 1.29 is 9.18 Å². The second-order valence-electron chi connectivity index (χ2n) is 4.21. The number of rotatable bonds is 4. The van der Waals surface area contributed by atoms with Crippen molar-refractivity contribution in [1.29, 1.82) is 5.26 Å². The molecule has 0 heterocycles. The molecule has 0 aromatic heterocycles. The van der Waals surface area contributed by atoms with Gasteiger partial charge in [0.25, 0.3) is 0 Å². The van der Waals surface area contributed by atoms with Gasteiger partial charge in [-0.1, -0.05) is 20.3 Å². The normalized spacial score (nSPS) is 13.5. The van der Waals surface area contributed by atoms with Crippen LogP contribution in [0, 0.1) is 23.1 Å². The van der Waals surface area contributed by atoms with Crippen molar-refractivity contribution in [3.05, 3.63) is 29.6 Å². The second kappa shape index (κ2) is 6.12. The molecule has 96 valence electrons. The lowest BCUT2D eigenvalue weighted by molar-refractivity contribution is -0.118. The average molecular weight is 249 g/mol. The maximum Gasteiger partial charge on any atom is 0.241 e. The van der Waals surface area contributed by atoms with E-state index in [1.54, 1.807) is 0 Å². The second-order valence-corrected chi connectivity index (χ2v) is 4.21. The molecule has 1 aromatic carbocycles. The molecule has 0 radical (unpaired) electrons. The Morgan fingerprint density at radius 1 is 1.61 bits per heavy atom. The predicted molar refractivity (Wildman–Crippen MR) is 67.2 cm³/mol.